The summed E-state index contributed by atoms with van der Waals surface area (Å²) in [7, 11) is 0. The smallest absolute Gasteiger partial charge is 0.261 e. The van der Waals surface area contributed by atoms with E-state index in [9.17, 15) is 57.5 Å². The highest BCUT2D eigenvalue weighted by Crippen LogP contribution is 2.65. The summed E-state index contributed by atoms with van der Waals surface area (Å²) in [6.45, 7) is 1.89. The quantitative estimate of drug-likeness (QED) is 0.160. The van der Waals surface area contributed by atoms with E-state index in [4.69, 9.17) is 0 Å². The Morgan fingerprint density at radius 2 is 0.488 bits per heavy atom. The molecule has 18 nitrogen and oxygen atoms in total. The Balaban J connectivity index is 0.559. The van der Waals surface area contributed by atoms with Gasteiger partial charge in [0.05, 0.1) is 43.1 Å². The molecule has 18 heteroatoms. The van der Waals surface area contributed by atoms with Crippen LogP contribution in [-0.4, -0.2) is 64.8 Å². The predicted molar refractivity (Wildman–Crippen MR) is 300 cm³/mol. The van der Waals surface area contributed by atoms with Gasteiger partial charge in [0.2, 0.25) is 0 Å². The number of carbonyl (C=O) groups excluding carboxylic acids is 4. The number of hydrogen-bond donors (Lipinski definition) is 0. The van der Waals surface area contributed by atoms with Crippen LogP contribution in [0.2, 0.25) is 0 Å². The summed E-state index contributed by atoms with van der Waals surface area (Å²) in [5.74, 6) is 4.66. The van der Waals surface area contributed by atoms with Gasteiger partial charge in [0, 0.05) is 63.6 Å². The number of carbonyl (C=O) groups is 4. The van der Waals surface area contributed by atoms with Gasteiger partial charge < -0.3 is 0 Å². The summed E-state index contributed by atoms with van der Waals surface area (Å²) in [5.41, 5.74) is -3.57. The van der Waals surface area contributed by atoms with Gasteiger partial charge in [-0.3, -0.25) is 85.6 Å². The number of fused-ring (bicyclic) bond motifs is 19. The van der Waals surface area contributed by atoms with Gasteiger partial charge in [-0.15, -0.1) is 0 Å². The first-order valence-electron chi connectivity index (χ1n) is 30.4. The fourth-order valence-corrected chi connectivity index (χ4v) is 21.6. The fraction of sp³-hybridized carbons (Fsp3) is 0.562. The van der Waals surface area contributed by atoms with E-state index < -0.39 is 44.5 Å². The van der Waals surface area contributed by atoms with Crippen molar-refractivity contribution < 1.29 is 19.2 Å². The Bertz CT molecular complexity index is 4250. The van der Waals surface area contributed by atoms with Gasteiger partial charge in [-0.25, -0.2) is 0 Å². The molecule has 82 heavy (non-hydrogen) atoms. The molecule has 4 amide bonds. The maximum absolute atomic E-state index is 14.2. The van der Waals surface area contributed by atoms with Crippen LogP contribution in [-0.2, 0) is 45.4 Å². The first-order chi connectivity index (χ1) is 39.5. The van der Waals surface area contributed by atoms with Gasteiger partial charge in [0.15, 0.2) is 0 Å². The summed E-state index contributed by atoms with van der Waals surface area (Å²) in [5, 5.41) is 1.22. The van der Waals surface area contributed by atoms with E-state index in [2.05, 4.69) is 0 Å². The van der Waals surface area contributed by atoms with E-state index in [-0.39, 0.29) is 134 Å². The number of hydrogen-bond acceptors (Lipinski definition) is 12. The maximum atomic E-state index is 14.2. The Morgan fingerprint density at radius 1 is 0.256 bits per heavy atom. The molecule has 0 spiro atoms. The largest absolute Gasteiger partial charge is 0.275 e. The molecular weight excluding hydrogens is 1040 g/mol. The molecule has 2 aliphatic heterocycles. The van der Waals surface area contributed by atoms with Crippen LogP contribution in [0.5, 0.6) is 0 Å². The third-order valence-corrected chi connectivity index (χ3v) is 24.6. The summed E-state index contributed by atoms with van der Waals surface area (Å²) in [4.78, 5) is 165. The first-order valence-corrected chi connectivity index (χ1v) is 30.4. The predicted octanol–water partition coefficient (Wildman–Crippen LogP) is 3.58. The van der Waals surface area contributed by atoms with Gasteiger partial charge >= 0.3 is 0 Å². The van der Waals surface area contributed by atoms with Crippen molar-refractivity contribution in [3.05, 3.63) is 131 Å². The molecular formula is C64H62N6O12. The van der Waals surface area contributed by atoms with E-state index in [1.54, 1.807) is 0 Å². The minimum Gasteiger partial charge on any atom is -0.275 e. The zero-order chi connectivity index (χ0) is 55.8. The van der Waals surface area contributed by atoms with Crippen molar-refractivity contribution in [2.45, 2.75) is 103 Å². The topological polar surface area (TPSA) is 231 Å². The highest BCUT2D eigenvalue weighted by atomic mass is 16.2. The van der Waals surface area contributed by atoms with Crippen molar-refractivity contribution in [2.24, 2.45) is 107 Å². The number of nitrogens with zero attached hydrogens (tertiary/aromatic N) is 6. The standard InChI is InChI=1S/C64H62N6O12/c71-53-1-2-54(72)65(53)21-27-5-36-30-11-33(39(14-30)42(36)8-27)24-68-59(77)47-17-45-46(18-48(47)60(68)78)58(76)67(57(45)75)23-29-7-38-32-13-35(41(16-32)44(38)10-29)26-70-63(81)51-19-49-50(20-52(51)64(70)82)62(80)69(61(49)79)25-34-12-31-15-40(34)43-9-28(6-37(31)43)22-66-55(73)3-4-56(66)74/h1-4,17-20,27-44H,5-16,21-26H2. The third kappa shape index (κ3) is 6.80. The first kappa shape index (κ1) is 49.4. The Kier molecular flexibility index (Phi) is 10.3. The molecule has 9 fully saturated rings. The zero-order valence-electron chi connectivity index (χ0n) is 45.3. The summed E-state index contributed by atoms with van der Waals surface area (Å²) >= 11 is 0. The molecule has 2 aromatic carbocycles. The van der Waals surface area contributed by atoms with Crippen molar-refractivity contribution in [3.8, 4) is 0 Å². The van der Waals surface area contributed by atoms with Crippen LogP contribution in [0.15, 0.2) is 86.9 Å². The van der Waals surface area contributed by atoms with Crippen LogP contribution in [0.25, 0.3) is 43.1 Å². The molecule has 420 valence electrons. The molecule has 11 aliphatic rings. The average Bonchev–Trinajstić information content (AvgIpc) is 2.47. The zero-order valence-corrected chi connectivity index (χ0v) is 45.3. The van der Waals surface area contributed by atoms with Crippen LogP contribution < -0.4 is 44.5 Å². The van der Waals surface area contributed by atoms with E-state index in [1.165, 1.54) is 76.6 Å². The van der Waals surface area contributed by atoms with Gasteiger partial charge in [0.1, 0.15) is 0 Å². The van der Waals surface area contributed by atoms with E-state index >= 15 is 0 Å². The van der Waals surface area contributed by atoms with Gasteiger partial charge in [-0.1, -0.05) is 0 Å². The molecule has 0 saturated heterocycles. The summed E-state index contributed by atoms with van der Waals surface area (Å²) in [6, 6.07) is 5.83. The summed E-state index contributed by atoms with van der Waals surface area (Å²) in [6.07, 6.45) is 16.5. The monoisotopic (exact) mass is 1110 g/mol. The van der Waals surface area contributed by atoms with Crippen molar-refractivity contribution in [2.75, 3.05) is 13.1 Å². The molecule has 6 heterocycles. The maximum Gasteiger partial charge on any atom is 0.261 e. The minimum atomic E-state index is -0.459. The third-order valence-electron chi connectivity index (χ3n) is 24.6. The lowest BCUT2D eigenvalue weighted by Gasteiger charge is -2.31. The van der Waals surface area contributed by atoms with Crippen LogP contribution in [0, 0.1) is 107 Å². The van der Waals surface area contributed by atoms with Crippen LogP contribution in [0.1, 0.15) is 77.0 Å². The highest BCUT2D eigenvalue weighted by molar-refractivity contribution is 6.13. The minimum absolute atomic E-state index is 0.0430. The van der Waals surface area contributed by atoms with Crippen molar-refractivity contribution in [3.63, 3.8) is 0 Å². The second-order valence-corrected chi connectivity index (χ2v) is 28.0. The Hall–Kier alpha value is -7.24. The SMILES string of the molecule is O=C1C=CC(=O)N1CC1CC2C3CC(Cn4c(=O)c5cc6c(=O)n(CC7CC8C9CC(Cn%10c(=O)c%11cc%12c(=O)n(CC%13CC%14CC%13C%13CC(CN%15C(=O)C=CC%15=O)CC%14%13)c(=O)c%12cc%11c%10=O)C(C9)C8C7)c(=O)c6cc5c4=O)C(C3)C2C1. The van der Waals surface area contributed by atoms with Crippen LogP contribution in [0.3, 0.4) is 0 Å². The van der Waals surface area contributed by atoms with Crippen molar-refractivity contribution in [1.82, 2.24) is 28.1 Å². The van der Waals surface area contributed by atoms with E-state index in [0.717, 1.165) is 77.0 Å². The molecule has 6 bridgehead atoms. The number of rotatable bonds is 12. The second-order valence-electron chi connectivity index (χ2n) is 28.0. The molecule has 0 N–H and O–H groups in total. The molecule has 0 radical (unpaired) electrons. The molecule has 18 atom stereocenters. The normalized spacial score (nSPS) is 36.6. The lowest BCUT2D eigenvalue weighted by atomic mass is 9.75. The molecule has 4 aromatic heterocycles. The van der Waals surface area contributed by atoms with Crippen LogP contribution >= 0.6 is 0 Å². The lowest BCUT2D eigenvalue weighted by molar-refractivity contribution is -0.139. The van der Waals surface area contributed by atoms with Gasteiger partial charge in [0.25, 0.3) is 68.1 Å². The second kappa shape index (κ2) is 17.2. The summed E-state index contributed by atoms with van der Waals surface area (Å²) < 4.78 is 5.23. The average molecular weight is 1110 g/mol. The number of benzene rings is 2. The Morgan fingerprint density at radius 3 is 0.756 bits per heavy atom. The van der Waals surface area contributed by atoms with Gasteiger partial charge in [-0.05, 0) is 208 Å². The van der Waals surface area contributed by atoms with Crippen molar-refractivity contribution in [1.29, 1.82) is 0 Å². The molecule has 9 saturated carbocycles. The fourth-order valence-electron chi connectivity index (χ4n) is 21.6. The lowest BCUT2D eigenvalue weighted by Crippen LogP contribution is -2.34. The van der Waals surface area contributed by atoms with Crippen molar-refractivity contribution >= 4 is 66.7 Å². The molecule has 9 aliphatic carbocycles. The van der Waals surface area contributed by atoms with Crippen LogP contribution in [0.4, 0.5) is 0 Å². The number of aromatic nitrogens is 4. The van der Waals surface area contributed by atoms with E-state index in [1.807, 2.05) is 0 Å². The Labute approximate surface area is 466 Å². The highest BCUT2D eigenvalue weighted by Gasteiger charge is 2.59. The number of imide groups is 2. The number of amides is 4. The van der Waals surface area contributed by atoms with E-state index in [0.29, 0.717) is 78.2 Å². The molecule has 6 aromatic rings. The van der Waals surface area contributed by atoms with Gasteiger partial charge in [-0.2, -0.15) is 0 Å². The molecule has 17 rings (SSSR count). The molecule has 18 unspecified atom stereocenters.